The average Bonchev–Trinajstić information content (AvgIpc) is 3.14. The Hall–Kier alpha value is -2.84. The van der Waals surface area contributed by atoms with E-state index in [-0.39, 0.29) is 18.4 Å². The van der Waals surface area contributed by atoms with Crippen molar-refractivity contribution in [2.24, 2.45) is 4.99 Å². The molecule has 1 fully saturated rings. The zero-order valence-electron chi connectivity index (χ0n) is 16.0. The molecular formula is C20H23F4N5. The first-order valence-corrected chi connectivity index (χ1v) is 9.43. The fourth-order valence-corrected chi connectivity index (χ4v) is 3.21. The summed E-state index contributed by atoms with van der Waals surface area (Å²) in [6, 6.07) is 8.09. The Morgan fingerprint density at radius 1 is 1.28 bits per heavy atom. The molecule has 2 heterocycles. The predicted octanol–water partition coefficient (Wildman–Crippen LogP) is 3.57. The topological polar surface area (TPSA) is 52.6 Å². The van der Waals surface area contributed by atoms with Gasteiger partial charge in [-0.3, -0.25) is 0 Å². The van der Waals surface area contributed by atoms with E-state index in [4.69, 9.17) is 0 Å². The number of rotatable bonds is 5. The molecule has 0 bridgehead atoms. The molecular weight excluding hydrogens is 386 g/mol. The van der Waals surface area contributed by atoms with Crippen LogP contribution in [0.3, 0.4) is 0 Å². The van der Waals surface area contributed by atoms with Crippen LogP contribution in [0.15, 0.2) is 47.6 Å². The van der Waals surface area contributed by atoms with E-state index in [9.17, 15) is 17.6 Å². The van der Waals surface area contributed by atoms with E-state index in [1.807, 2.05) is 11.8 Å². The van der Waals surface area contributed by atoms with Crippen molar-refractivity contribution >= 4 is 11.8 Å². The third kappa shape index (κ3) is 5.58. The number of alkyl halides is 3. The first kappa shape index (κ1) is 20.9. The van der Waals surface area contributed by atoms with E-state index < -0.39 is 11.7 Å². The number of guanidine groups is 1. The van der Waals surface area contributed by atoms with Gasteiger partial charge < -0.3 is 15.5 Å². The molecule has 9 heteroatoms. The molecule has 0 spiro atoms. The number of hydrogen-bond acceptors (Lipinski definition) is 3. The second-order valence-corrected chi connectivity index (χ2v) is 6.78. The number of hydrogen-bond donors (Lipinski definition) is 2. The van der Waals surface area contributed by atoms with Crippen LogP contribution in [0.4, 0.5) is 23.4 Å². The zero-order valence-corrected chi connectivity index (χ0v) is 16.0. The number of nitrogens with zero attached hydrogens (tertiary/aromatic N) is 3. The van der Waals surface area contributed by atoms with Gasteiger partial charge in [0.2, 0.25) is 0 Å². The van der Waals surface area contributed by atoms with Crippen molar-refractivity contribution in [1.29, 1.82) is 0 Å². The Morgan fingerprint density at radius 2 is 2.10 bits per heavy atom. The Bertz CT molecular complexity index is 853. The third-order valence-electron chi connectivity index (χ3n) is 4.59. The van der Waals surface area contributed by atoms with E-state index in [0.717, 1.165) is 18.6 Å². The van der Waals surface area contributed by atoms with Gasteiger partial charge in [0, 0.05) is 31.9 Å². The Kier molecular flexibility index (Phi) is 6.56. The minimum absolute atomic E-state index is 0.0238. The van der Waals surface area contributed by atoms with Crippen LogP contribution in [0.2, 0.25) is 0 Å². The monoisotopic (exact) mass is 409 g/mol. The van der Waals surface area contributed by atoms with Gasteiger partial charge in [-0.05, 0) is 43.2 Å². The molecule has 2 aromatic rings. The highest BCUT2D eigenvalue weighted by molar-refractivity contribution is 5.80. The number of aliphatic imine (C=N–C) groups is 1. The van der Waals surface area contributed by atoms with Crippen molar-refractivity contribution in [1.82, 2.24) is 15.6 Å². The molecule has 0 amide bonds. The van der Waals surface area contributed by atoms with Gasteiger partial charge in [-0.25, -0.2) is 14.4 Å². The highest BCUT2D eigenvalue weighted by Crippen LogP contribution is 2.29. The lowest BCUT2D eigenvalue weighted by Crippen LogP contribution is -2.44. The van der Waals surface area contributed by atoms with Crippen LogP contribution >= 0.6 is 0 Å². The summed E-state index contributed by atoms with van der Waals surface area (Å²) in [5.41, 5.74) is -0.215. The van der Waals surface area contributed by atoms with Crippen molar-refractivity contribution in [2.75, 3.05) is 24.5 Å². The summed E-state index contributed by atoms with van der Waals surface area (Å²) in [5, 5.41) is 6.37. The first-order valence-electron chi connectivity index (χ1n) is 9.43. The van der Waals surface area contributed by atoms with Gasteiger partial charge in [0.1, 0.15) is 0 Å². The van der Waals surface area contributed by atoms with Crippen LogP contribution in [0.1, 0.15) is 24.5 Å². The van der Waals surface area contributed by atoms with Gasteiger partial charge in [-0.15, -0.1) is 0 Å². The number of aromatic nitrogens is 1. The van der Waals surface area contributed by atoms with Crippen molar-refractivity contribution in [2.45, 2.75) is 32.1 Å². The van der Waals surface area contributed by atoms with Crippen LogP contribution in [0.5, 0.6) is 0 Å². The quantitative estimate of drug-likeness (QED) is 0.450. The van der Waals surface area contributed by atoms with E-state index in [2.05, 4.69) is 20.6 Å². The highest BCUT2D eigenvalue weighted by atomic mass is 19.4. The molecule has 1 aliphatic heterocycles. The summed E-state index contributed by atoms with van der Waals surface area (Å²) in [4.78, 5) is 10.4. The third-order valence-corrected chi connectivity index (χ3v) is 4.59. The van der Waals surface area contributed by atoms with E-state index in [0.29, 0.717) is 37.0 Å². The van der Waals surface area contributed by atoms with Crippen LogP contribution in [-0.2, 0) is 12.7 Å². The Labute approximate surface area is 166 Å². The SMILES string of the molecule is CCNC(=NCc1cccc(C(F)(F)F)c1)NC1CCN(c2ncccc2F)C1. The summed E-state index contributed by atoms with van der Waals surface area (Å²) < 4.78 is 52.5. The molecule has 156 valence electrons. The van der Waals surface area contributed by atoms with Crippen LogP contribution in [-0.4, -0.2) is 36.6 Å². The summed E-state index contributed by atoms with van der Waals surface area (Å²) >= 11 is 0. The fraction of sp³-hybridized carbons (Fsp3) is 0.400. The van der Waals surface area contributed by atoms with Crippen molar-refractivity contribution in [3.05, 3.63) is 59.5 Å². The lowest BCUT2D eigenvalue weighted by molar-refractivity contribution is -0.137. The molecule has 3 rings (SSSR count). The number of anilines is 1. The molecule has 1 aromatic heterocycles. The Balaban J connectivity index is 1.64. The van der Waals surface area contributed by atoms with Crippen LogP contribution in [0.25, 0.3) is 0 Å². The number of halogens is 4. The molecule has 29 heavy (non-hydrogen) atoms. The summed E-state index contributed by atoms with van der Waals surface area (Å²) in [6.45, 7) is 3.84. The molecule has 1 aliphatic rings. The largest absolute Gasteiger partial charge is 0.416 e. The second kappa shape index (κ2) is 9.11. The predicted molar refractivity (Wildman–Crippen MR) is 104 cm³/mol. The highest BCUT2D eigenvalue weighted by Gasteiger charge is 2.30. The van der Waals surface area contributed by atoms with Gasteiger partial charge in [0.05, 0.1) is 12.1 Å². The van der Waals surface area contributed by atoms with Crippen molar-refractivity contribution in [3.8, 4) is 0 Å². The number of benzene rings is 1. The van der Waals surface area contributed by atoms with Gasteiger partial charge in [-0.2, -0.15) is 13.2 Å². The van der Waals surface area contributed by atoms with Crippen molar-refractivity contribution < 1.29 is 17.6 Å². The average molecular weight is 409 g/mol. The minimum atomic E-state index is -4.38. The second-order valence-electron chi connectivity index (χ2n) is 6.78. The lowest BCUT2D eigenvalue weighted by Gasteiger charge is -2.20. The molecule has 0 radical (unpaired) electrons. The molecule has 1 aromatic carbocycles. The standard InChI is InChI=1S/C20H23F4N5/c1-2-25-19(27-12-14-5-3-6-15(11-14)20(22,23)24)28-16-8-10-29(13-16)18-17(21)7-4-9-26-18/h3-7,9,11,16H,2,8,10,12-13H2,1H3,(H2,25,27,28). The van der Waals surface area contributed by atoms with Gasteiger partial charge in [-0.1, -0.05) is 12.1 Å². The number of nitrogens with one attached hydrogen (secondary N) is 2. The van der Waals surface area contributed by atoms with Crippen molar-refractivity contribution in [3.63, 3.8) is 0 Å². The van der Waals surface area contributed by atoms with Crippen LogP contribution in [0, 0.1) is 5.82 Å². The van der Waals surface area contributed by atoms with Gasteiger partial charge in [0.15, 0.2) is 17.6 Å². The molecule has 1 saturated heterocycles. The molecule has 5 nitrogen and oxygen atoms in total. The number of pyridine rings is 1. The summed E-state index contributed by atoms with van der Waals surface area (Å²) in [6.07, 6.45) is -2.06. The smallest absolute Gasteiger partial charge is 0.357 e. The van der Waals surface area contributed by atoms with Gasteiger partial charge >= 0.3 is 6.18 Å². The maximum atomic E-state index is 13.9. The van der Waals surface area contributed by atoms with Crippen LogP contribution < -0.4 is 15.5 Å². The maximum Gasteiger partial charge on any atom is 0.416 e. The lowest BCUT2D eigenvalue weighted by atomic mass is 10.1. The molecule has 1 unspecified atom stereocenters. The zero-order chi connectivity index (χ0) is 20.9. The Morgan fingerprint density at radius 3 is 2.83 bits per heavy atom. The maximum absolute atomic E-state index is 13.9. The summed E-state index contributed by atoms with van der Waals surface area (Å²) in [5.74, 6) is 0.472. The van der Waals surface area contributed by atoms with E-state index >= 15 is 0 Å². The van der Waals surface area contributed by atoms with E-state index in [1.165, 1.54) is 12.1 Å². The van der Waals surface area contributed by atoms with E-state index in [1.54, 1.807) is 18.3 Å². The molecule has 0 saturated carbocycles. The molecule has 1 atom stereocenters. The van der Waals surface area contributed by atoms with Gasteiger partial charge in [0.25, 0.3) is 0 Å². The normalized spacial score (nSPS) is 17.5. The minimum Gasteiger partial charge on any atom is -0.357 e. The fourth-order valence-electron chi connectivity index (χ4n) is 3.21. The molecule has 2 N–H and O–H groups in total. The first-order chi connectivity index (χ1) is 13.9. The summed E-state index contributed by atoms with van der Waals surface area (Å²) in [7, 11) is 0. The molecule has 0 aliphatic carbocycles.